The first-order chi connectivity index (χ1) is 12.3. The average molecular weight is 390 g/mol. The van der Waals surface area contributed by atoms with Crippen LogP contribution in [0.15, 0.2) is 71.6 Å². The molecule has 3 aromatic carbocycles. The molecule has 0 spiro atoms. The Morgan fingerprint density at radius 2 is 1.69 bits per heavy atom. The Morgan fingerprint density at radius 3 is 2.35 bits per heavy atom. The van der Waals surface area contributed by atoms with E-state index in [1.165, 1.54) is 30.3 Å². The van der Waals surface area contributed by atoms with E-state index < -0.39 is 10.0 Å². The van der Waals surface area contributed by atoms with E-state index in [2.05, 4.69) is 4.72 Å². The molecule has 0 fully saturated rings. The summed E-state index contributed by atoms with van der Waals surface area (Å²) in [6.45, 7) is 1.71. The zero-order valence-electron chi connectivity index (χ0n) is 13.8. The number of ether oxygens (including phenoxy) is 1. The van der Waals surface area contributed by atoms with Gasteiger partial charge < -0.3 is 9.84 Å². The maximum absolute atomic E-state index is 12.5. The third-order valence-corrected chi connectivity index (χ3v) is 5.35. The van der Waals surface area contributed by atoms with Crippen molar-refractivity contribution in [3.63, 3.8) is 0 Å². The summed E-state index contributed by atoms with van der Waals surface area (Å²) >= 11 is 6.05. The molecule has 0 aliphatic rings. The zero-order valence-corrected chi connectivity index (χ0v) is 15.4. The first-order valence-electron chi connectivity index (χ1n) is 7.70. The lowest BCUT2D eigenvalue weighted by molar-refractivity contribution is 0.475. The second kappa shape index (κ2) is 7.27. The van der Waals surface area contributed by atoms with E-state index in [1.54, 1.807) is 43.3 Å². The van der Waals surface area contributed by atoms with Crippen molar-refractivity contribution in [2.45, 2.75) is 11.8 Å². The molecule has 0 aliphatic carbocycles. The van der Waals surface area contributed by atoms with Gasteiger partial charge in [-0.05, 0) is 67.1 Å². The molecule has 0 aliphatic heterocycles. The van der Waals surface area contributed by atoms with Crippen molar-refractivity contribution in [2.75, 3.05) is 4.72 Å². The number of nitrogens with one attached hydrogen (secondary N) is 1. The van der Waals surface area contributed by atoms with Gasteiger partial charge in [0.1, 0.15) is 17.2 Å². The Kier molecular flexibility index (Phi) is 5.06. The van der Waals surface area contributed by atoms with E-state index in [9.17, 15) is 13.5 Å². The van der Waals surface area contributed by atoms with Gasteiger partial charge in [0.15, 0.2) is 0 Å². The van der Waals surface area contributed by atoms with Crippen molar-refractivity contribution in [1.82, 2.24) is 0 Å². The topological polar surface area (TPSA) is 75.6 Å². The first kappa shape index (κ1) is 18.1. The van der Waals surface area contributed by atoms with Crippen molar-refractivity contribution in [3.8, 4) is 17.2 Å². The molecule has 0 saturated heterocycles. The smallest absolute Gasteiger partial charge is 0.261 e. The minimum absolute atomic E-state index is 0.0755. The van der Waals surface area contributed by atoms with Crippen molar-refractivity contribution < 1.29 is 18.3 Å². The summed E-state index contributed by atoms with van der Waals surface area (Å²) in [5.41, 5.74) is 1.02. The van der Waals surface area contributed by atoms with Crippen LogP contribution in [0.25, 0.3) is 0 Å². The standard InChI is InChI=1S/C19H16ClNO4S/c1-13-12-14(22)6-11-18(13)21-26(23,24)16-9-7-15(8-10-16)25-19-5-3-2-4-17(19)20/h2-12,21-22H,1H3. The Bertz CT molecular complexity index is 1030. The van der Waals surface area contributed by atoms with Crippen LogP contribution in [0.5, 0.6) is 17.2 Å². The normalized spacial score (nSPS) is 11.2. The van der Waals surface area contributed by atoms with E-state index in [4.69, 9.17) is 16.3 Å². The fraction of sp³-hybridized carbons (Fsp3) is 0.0526. The van der Waals surface area contributed by atoms with Crippen LogP contribution in [-0.4, -0.2) is 13.5 Å². The van der Waals surface area contributed by atoms with Gasteiger partial charge in [-0.2, -0.15) is 0 Å². The fourth-order valence-electron chi connectivity index (χ4n) is 2.31. The van der Waals surface area contributed by atoms with Crippen LogP contribution in [0, 0.1) is 6.92 Å². The predicted octanol–water partition coefficient (Wildman–Crippen LogP) is 4.95. The van der Waals surface area contributed by atoms with Crippen LogP contribution >= 0.6 is 11.6 Å². The van der Waals surface area contributed by atoms with Crippen LogP contribution in [-0.2, 0) is 10.0 Å². The molecule has 3 aromatic rings. The van der Waals surface area contributed by atoms with E-state index >= 15 is 0 Å². The minimum Gasteiger partial charge on any atom is -0.508 e. The fourth-order valence-corrected chi connectivity index (χ4v) is 3.61. The maximum atomic E-state index is 12.5. The molecule has 134 valence electrons. The van der Waals surface area contributed by atoms with Crippen LogP contribution in [0.3, 0.4) is 0 Å². The molecule has 0 bridgehead atoms. The van der Waals surface area contributed by atoms with Crippen LogP contribution in [0.4, 0.5) is 5.69 Å². The summed E-state index contributed by atoms with van der Waals surface area (Å²) < 4.78 is 33.2. The highest BCUT2D eigenvalue weighted by atomic mass is 35.5. The number of halogens is 1. The van der Waals surface area contributed by atoms with Crippen LogP contribution in [0.1, 0.15) is 5.56 Å². The van der Waals surface area contributed by atoms with E-state index in [1.807, 2.05) is 0 Å². The third kappa shape index (κ3) is 4.09. The molecule has 0 aromatic heterocycles. The number of phenols is 1. The second-order valence-electron chi connectivity index (χ2n) is 5.61. The molecular formula is C19H16ClNO4S. The summed E-state index contributed by atoms with van der Waals surface area (Å²) in [5, 5.41) is 9.89. The highest BCUT2D eigenvalue weighted by Gasteiger charge is 2.16. The van der Waals surface area contributed by atoms with E-state index in [0.29, 0.717) is 27.8 Å². The molecule has 0 saturated carbocycles. The van der Waals surface area contributed by atoms with Gasteiger partial charge in [0, 0.05) is 0 Å². The first-order valence-corrected chi connectivity index (χ1v) is 9.56. The molecule has 0 radical (unpaired) electrons. The number of hydrogen-bond acceptors (Lipinski definition) is 4. The maximum Gasteiger partial charge on any atom is 0.261 e. The van der Waals surface area contributed by atoms with Gasteiger partial charge in [0.2, 0.25) is 0 Å². The lowest BCUT2D eigenvalue weighted by Gasteiger charge is -2.12. The quantitative estimate of drug-likeness (QED) is 0.605. The minimum atomic E-state index is -3.76. The van der Waals surface area contributed by atoms with Crippen molar-refractivity contribution in [1.29, 1.82) is 0 Å². The van der Waals surface area contributed by atoms with Gasteiger partial charge in [-0.3, -0.25) is 4.72 Å². The lowest BCUT2D eigenvalue weighted by Crippen LogP contribution is -2.13. The number of sulfonamides is 1. The highest BCUT2D eigenvalue weighted by molar-refractivity contribution is 7.92. The summed E-state index contributed by atoms with van der Waals surface area (Å²) in [4.78, 5) is 0.0940. The van der Waals surface area contributed by atoms with Gasteiger partial charge in [0.05, 0.1) is 15.6 Å². The van der Waals surface area contributed by atoms with Crippen molar-refractivity contribution in [2.24, 2.45) is 0 Å². The van der Waals surface area contributed by atoms with E-state index in [0.717, 1.165) is 0 Å². The van der Waals surface area contributed by atoms with Gasteiger partial charge in [0.25, 0.3) is 10.0 Å². The largest absolute Gasteiger partial charge is 0.508 e. The summed E-state index contributed by atoms with van der Waals surface area (Å²) in [6.07, 6.45) is 0. The van der Waals surface area contributed by atoms with Gasteiger partial charge in [-0.1, -0.05) is 23.7 Å². The van der Waals surface area contributed by atoms with Crippen molar-refractivity contribution >= 4 is 27.3 Å². The number of rotatable bonds is 5. The molecule has 0 amide bonds. The molecule has 7 heteroatoms. The Hall–Kier alpha value is -2.70. The molecule has 26 heavy (non-hydrogen) atoms. The van der Waals surface area contributed by atoms with Crippen LogP contribution < -0.4 is 9.46 Å². The summed E-state index contributed by atoms with van der Waals surface area (Å²) in [6, 6.07) is 17.5. The van der Waals surface area contributed by atoms with E-state index in [-0.39, 0.29) is 10.6 Å². The number of anilines is 1. The summed E-state index contributed by atoms with van der Waals surface area (Å²) in [5.74, 6) is 1.03. The SMILES string of the molecule is Cc1cc(O)ccc1NS(=O)(=O)c1ccc(Oc2ccccc2Cl)cc1. The molecule has 0 atom stereocenters. The van der Waals surface area contributed by atoms with Gasteiger partial charge in [-0.25, -0.2) is 8.42 Å². The number of hydrogen-bond donors (Lipinski definition) is 2. The summed E-state index contributed by atoms with van der Waals surface area (Å²) in [7, 11) is -3.76. The van der Waals surface area contributed by atoms with Crippen LogP contribution in [0.2, 0.25) is 5.02 Å². The number of aromatic hydroxyl groups is 1. The number of phenolic OH excluding ortho intramolecular Hbond substituents is 1. The number of benzene rings is 3. The molecule has 5 nitrogen and oxygen atoms in total. The molecule has 0 heterocycles. The van der Waals surface area contributed by atoms with Crippen molar-refractivity contribution in [3.05, 3.63) is 77.3 Å². The monoisotopic (exact) mass is 389 g/mol. The second-order valence-corrected chi connectivity index (χ2v) is 7.70. The lowest BCUT2D eigenvalue weighted by atomic mass is 10.2. The predicted molar refractivity (Wildman–Crippen MR) is 102 cm³/mol. The third-order valence-electron chi connectivity index (χ3n) is 3.65. The molecular weight excluding hydrogens is 374 g/mol. The molecule has 0 unspecified atom stereocenters. The zero-order chi connectivity index (χ0) is 18.7. The Labute approximate surface area is 156 Å². The van der Waals surface area contributed by atoms with Gasteiger partial charge >= 0.3 is 0 Å². The molecule has 2 N–H and O–H groups in total. The van der Waals surface area contributed by atoms with Gasteiger partial charge in [-0.15, -0.1) is 0 Å². The number of para-hydroxylation sites is 1. The number of aryl methyl sites for hydroxylation is 1. The average Bonchev–Trinajstić information content (AvgIpc) is 2.60. The highest BCUT2D eigenvalue weighted by Crippen LogP contribution is 2.30. The Morgan fingerprint density at radius 1 is 1.00 bits per heavy atom. The molecule has 3 rings (SSSR count). The Balaban J connectivity index is 1.79.